The van der Waals surface area contributed by atoms with Crippen LogP contribution in [0.4, 0.5) is 10.5 Å². The van der Waals surface area contributed by atoms with Crippen molar-refractivity contribution in [1.29, 1.82) is 0 Å². The number of hydrogen-bond acceptors (Lipinski definition) is 2. The molecule has 0 aliphatic carbocycles. The third-order valence-electron chi connectivity index (χ3n) is 4.89. The lowest BCUT2D eigenvalue weighted by Gasteiger charge is -2.20. The summed E-state index contributed by atoms with van der Waals surface area (Å²) in [5, 5.41) is 4.15. The van der Waals surface area contributed by atoms with Gasteiger partial charge < -0.3 is 14.8 Å². The Balaban J connectivity index is 1.52. The normalized spacial score (nSPS) is 14.0. The number of urea groups is 1. The summed E-state index contributed by atoms with van der Waals surface area (Å²) in [4.78, 5) is 25.9. The van der Waals surface area contributed by atoms with E-state index in [1.54, 1.807) is 24.3 Å². The number of Topliss-reactive ketones (excluding diaryl/α,β-unsaturated/α-hetero) is 1. The Morgan fingerprint density at radius 1 is 1.00 bits per heavy atom. The number of nitrogens with one attached hydrogen (secondary N) is 1. The van der Waals surface area contributed by atoms with Crippen LogP contribution in [-0.2, 0) is 13.1 Å². The highest BCUT2D eigenvalue weighted by Gasteiger charge is 2.20. The topological polar surface area (TPSA) is 54.3 Å². The van der Waals surface area contributed by atoms with Crippen molar-refractivity contribution in [2.24, 2.45) is 0 Å². The van der Waals surface area contributed by atoms with E-state index in [0.717, 1.165) is 18.7 Å². The van der Waals surface area contributed by atoms with Gasteiger partial charge in [-0.05, 0) is 55.1 Å². The monoisotopic (exact) mass is 347 g/mol. The van der Waals surface area contributed by atoms with Crippen molar-refractivity contribution in [2.75, 3.05) is 11.9 Å². The van der Waals surface area contributed by atoms with Gasteiger partial charge in [0, 0.05) is 35.6 Å². The summed E-state index contributed by atoms with van der Waals surface area (Å²) in [6.07, 6.45) is 0.919. The molecule has 0 atom stereocenters. The molecule has 0 bridgehead atoms. The van der Waals surface area contributed by atoms with Gasteiger partial charge >= 0.3 is 6.03 Å². The zero-order chi connectivity index (χ0) is 18.1. The first-order valence-electron chi connectivity index (χ1n) is 8.86. The second-order valence-electron chi connectivity index (χ2n) is 6.68. The number of hydrogen-bond donors (Lipinski definition) is 1. The van der Waals surface area contributed by atoms with E-state index in [-0.39, 0.29) is 11.8 Å². The molecule has 5 nitrogen and oxygen atoms in total. The van der Waals surface area contributed by atoms with Crippen molar-refractivity contribution in [3.05, 3.63) is 65.9 Å². The maximum atomic E-state index is 12.7. The Kier molecular flexibility index (Phi) is 4.21. The van der Waals surface area contributed by atoms with E-state index in [1.807, 2.05) is 11.0 Å². The van der Waals surface area contributed by atoms with Gasteiger partial charge in [0.1, 0.15) is 0 Å². The fraction of sp³-hybridized carbons (Fsp3) is 0.238. The standard InChI is InChI=1S/C21H21N3O2/c1-15(25)16-7-9-18(10-8-16)22-21(26)23-11-4-12-24-19(14-23)13-17-5-2-3-6-20(17)24/h2-3,5-10,13H,4,11-12,14H2,1H3,(H,22,26). The first-order chi connectivity index (χ1) is 12.6. The zero-order valence-corrected chi connectivity index (χ0v) is 14.7. The number of benzene rings is 2. The molecule has 26 heavy (non-hydrogen) atoms. The fourth-order valence-corrected chi connectivity index (χ4v) is 3.52. The number of carbonyl (C=O) groups excluding carboxylic acids is 2. The van der Waals surface area contributed by atoms with E-state index < -0.39 is 0 Å². The number of amides is 2. The van der Waals surface area contributed by atoms with Crippen molar-refractivity contribution in [1.82, 2.24) is 9.47 Å². The highest BCUT2D eigenvalue weighted by atomic mass is 16.2. The van der Waals surface area contributed by atoms with E-state index in [1.165, 1.54) is 17.8 Å². The first-order valence-corrected chi connectivity index (χ1v) is 8.86. The van der Waals surface area contributed by atoms with Crippen molar-refractivity contribution in [3.63, 3.8) is 0 Å². The van der Waals surface area contributed by atoms with Crippen molar-refractivity contribution < 1.29 is 9.59 Å². The molecule has 1 aliphatic heterocycles. The lowest BCUT2D eigenvalue weighted by Crippen LogP contribution is -2.34. The zero-order valence-electron chi connectivity index (χ0n) is 14.7. The third-order valence-corrected chi connectivity index (χ3v) is 4.89. The molecule has 3 aromatic rings. The van der Waals surface area contributed by atoms with Crippen molar-refractivity contribution in [3.8, 4) is 0 Å². The molecular formula is C21H21N3O2. The molecule has 1 aromatic heterocycles. The van der Waals surface area contributed by atoms with Crippen LogP contribution in [0.2, 0.25) is 0 Å². The minimum Gasteiger partial charge on any atom is -0.343 e. The van der Waals surface area contributed by atoms with E-state index >= 15 is 0 Å². The molecule has 0 saturated heterocycles. The number of anilines is 1. The minimum absolute atomic E-state index is 0.0169. The Morgan fingerprint density at radius 3 is 2.54 bits per heavy atom. The van der Waals surface area contributed by atoms with Gasteiger partial charge in [0.25, 0.3) is 0 Å². The maximum absolute atomic E-state index is 12.7. The number of carbonyl (C=O) groups is 2. The Labute approximate surface area is 152 Å². The Morgan fingerprint density at radius 2 is 1.77 bits per heavy atom. The molecule has 5 heteroatoms. The predicted octanol–water partition coefficient (Wildman–Crippen LogP) is 4.28. The van der Waals surface area contributed by atoms with Crippen LogP contribution in [-0.4, -0.2) is 27.8 Å². The van der Waals surface area contributed by atoms with Crippen LogP contribution in [0.1, 0.15) is 29.4 Å². The molecule has 1 aliphatic rings. The number of aryl methyl sites for hydroxylation is 1. The van der Waals surface area contributed by atoms with Gasteiger partial charge in [0.05, 0.1) is 6.54 Å². The van der Waals surface area contributed by atoms with Gasteiger partial charge in [-0.3, -0.25) is 4.79 Å². The van der Waals surface area contributed by atoms with Crippen LogP contribution < -0.4 is 5.32 Å². The molecule has 2 heterocycles. The largest absolute Gasteiger partial charge is 0.343 e. The smallest absolute Gasteiger partial charge is 0.322 e. The SMILES string of the molecule is CC(=O)c1ccc(NC(=O)N2CCCn3c(cc4ccccc43)C2)cc1. The molecule has 132 valence electrons. The molecule has 0 unspecified atom stereocenters. The summed E-state index contributed by atoms with van der Waals surface area (Å²) in [6.45, 7) is 3.75. The predicted molar refractivity (Wildman–Crippen MR) is 102 cm³/mol. The summed E-state index contributed by atoms with van der Waals surface area (Å²) in [5.74, 6) is 0.0169. The van der Waals surface area contributed by atoms with Crippen LogP contribution >= 0.6 is 0 Å². The lowest BCUT2D eigenvalue weighted by atomic mass is 10.1. The molecule has 4 rings (SSSR count). The van der Waals surface area contributed by atoms with Crippen LogP contribution in [0.25, 0.3) is 10.9 Å². The number of fused-ring (bicyclic) bond motifs is 3. The van der Waals surface area contributed by atoms with Gasteiger partial charge in [-0.15, -0.1) is 0 Å². The van der Waals surface area contributed by atoms with Crippen molar-refractivity contribution >= 4 is 28.4 Å². The molecule has 0 radical (unpaired) electrons. The minimum atomic E-state index is -0.112. The van der Waals surface area contributed by atoms with Crippen LogP contribution in [0.15, 0.2) is 54.6 Å². The van der Waals surface area contributed by atoms with E-state index in [9.17, 15) is 9.59 Å². The third kappa shape index (κ3) is 3.08. The number of rotatable bonds is 2. The van der Waals surface area contributed by atoms with Crippen LogP contribution in [0, 0.1) is 0 Å². The first kappa shape index (κ1) is 16.4. The molecule has 1 N–H and O–H groups in total. The summed E-state index contributed by atoms with van der Waals surface area (Å²) in [7, 11) is 0. The highest BCUT2D eigenvalue weighted by molar-refractivity contribution is 5.95. The molecular weight excluding hydrogens is 326 g/mol. The second-order valence-corrected chi connectivity index (χ2v) is 6.68. The Bertz CT molecular complexity index is 973. The molecule has 0 saturated carbocycles. The summed E-state index contributed by atoms with van der Waals surface area (Å²) >= 11 is 0. The highest BCUT2D eigenvalue weighted by Crippen LogP contribution is 2.24. The summed E-state index contributed by atoms with van der Waals surface area (Å²) < 4.78 is 2.31. The van der Waals surface area contributed by atoms with Crippen molar-refractivity contribution in [2.45, 2.75) is 26.4 Å². The molecule has 2 amide bonds. The van der Waals surface area contributed by atoms with Gasteiger partial charge in [-0.1, -0.05) is 18.2 Å². The van der Waals surface area contributed by atoms with E-state index in [4.69, 9.17) is 0 Å². The number of para-hydroxylation sites is 1. The fourth-order valence-electron chi connectivity index (χ4n) is 3.52. The lowest BCUT2D eigenvalue weighted by molar-refractivity contribution is 0.101. The number of ketones is 1. The summed E-state index contributed by atoms with van der Waals surface area (Å²) in [6, 6.07) is 17.4. The molecule has 2 aromatic carbocycles. The summed E-state index contributed by atoms with van der Waals surface area (Å²) in [5.41, 5.74) is 3.72. The van der Waals surface area contributed by atoms with E-state index in [0.29, 0.717) is 24.3 Å². The average Bonchev–Trinajstić information content (AvgIpc) is 2.84. The van der Waals surface area contributed by atoms with Crippen LogP contribution in [0.3, 0.4) is 0 Å². The Hall–Kier alpha value is -3.08. The van der Waals surface area contributed by atoms with Crippen LogP contribution in [0.5, 0.6) is 0 Å². The molecule has 0 fully saturated rings. The van der Waals surface area contributed by atoms with Gasteiger partial charge in [0.15, 0.2) is 5.78 Å². The van der Waals surface area contributed by atoms with Gasteiger partial charge in [-0.2, -0.15) is 0 Å². The second kappa shape index (κ2) is 6.67. The average molecular weight is 347 g/mol. The number of aromatic nitrogens is 1. The van der Waals surface area contributed by atoms with Gasteiger partial charge in [0.2, 0.25) is 0 Å². The van der Waals surface area contributed by atoms with Gasteiger partial charge in [-0.25, -0.2) is 4.79 Å². The quantitative estimate of drug-likeness (QED) is 0.704. The number of nitrogens with zero attached hydrogens (tertiary/aromatic N) is 2. The molecule has 0 spiro atoms. The maximum Gasteiger partial charge on any atom is 0.322 e. The van der Waals surface area contributed by atoms with E-state index in [2.05, 4.69) is 34.1 Å².